The number of benzene rings is 1. The van der Waals surface area contributed by atoms with E-state index in [2.05, 4.69) is 9.97 Å². The van der Waals surface area contributed by atoms with Crippen LogP contribution in [0.15, 0.2) is 12.1 Å². The van der Waals surface area contributed by atoms with E-state index in [1.165, 1.54) is 0 Å². The van der Waals surface area contributed by atoms with Crippen molar-refractivity contribution in [1.82, 2.24) is 9.97 Å². The zero-order valence-electron chi connectivity index (χ0n) is 11.7. The van der Waals surface area contributed by atoms with Gasteiger partial charge in [-0.25, -0.2) is 4.98 Å². The van der Waals surface area contributed by atoms with Crippen molar-refractivity contribution >= 4 is 11.0 Å². The SMILES string of the molecule is CCOCCCc1nc2cc(OC)c(OC)cc2[nH]1. The van der Waals surface area contributed by atoms with Crippen LogP contribution in [0.25, 0.3) is 11.0 Å². The summed E-state index contributed by atoms with van der Waals surface area (Å²) >= 11 is 0. The molecule has 1 aromatic heterocycles. The van der Waals surface area contributed by atoms with Crippen LogP contribution in [0.5, 0.6) is 11.5 Å². The quantitative estimate of drug-likeness (QED) is 0.781. The molecule has 1 aromatic carbocycles. The molecule has 0 saturated heterocycles. The zero-order chi connectivity index (χ0) is 13.7. The van der Waals surface area contributed by atoms with Crippen LogP contribution in [0.1, 0.15) is 19.2 Å². The minimum absolute atomic E-state index is 0.697. The highest BCUT2D eigenvalue weighted by Gasteiger charge is 2.09. The van der Waals surface area contributed by atoms with Crippen molar-refractivity contribution in [2.24, 2.45) is 0 Å². The Balaban J connectivity index is 2.15. The highest BCUT2D eigenvalue weighted by Crippen LogP contribution is 2.31. The summed E-state index contributed by atoms with van der Waals surface area (Å²) < 4.78 is 15.9. The molecule has 2 rings (SSSR count). The van der Waals surface area contributed by atoms with E-state index in [0.29, 0.717) is 11.5 Å². The molecular weight excluding hydrogens is 244 g/mol. The van der Waals surface area contributed by atoms with Crippen LogP contribution in [0.4, 0.5) is 0 Å². The molecule has 0 saturated carbocycles. The molecule has 0 aliphatic rings. The van der Waals surface area contributed by atoms with Crippen molar-refractivity contribution in [3.63, 3.8) is 0 Å². The Labute approximate surface area is 112 Å². The molecule has 1 heterocycles. The lowest BCUT2D eigenvalue weighted by Crippen LogP contribution is -1.96. The molecule has 19 heavy (non-hydrogen) atoms. The van der Waals surface area contributed by atoms with Gasteiger partial charge in [-0.15, -0.1) is 0 Å². The summed E-state index contributed by atoms with van der Waals surface area (Å²) in [4.78, 5) is 7.84. The molecule has 0 radical (unpaired) electrons. The van der Waals surface area contributed by atoms with Gasteiger partial charge in [0.25, 0.3) is 0 Å². The molecule has 1 N–H and O–H groups in total. The van der Waals surface area contributed by atoms with Crippen molar-refractivity contribution in [2.45, 2.75) is 19.8 Å². The number of hydrogen-bond acceptors (Lipinski definition) is 4. The van der Waals surface area contributed by atoms with E-state index in [-0.39, 0.29) is 0 Å². The molecular formula is C14H20N2O3. The molecule has 0 atom stereocenters. The third-order valence-corrected chi connectivity index (χ3v) is 2.94. The van der Waals surface area contributed by atoms with Gasteiger partial charge < -0.3 is 19.2 Å². The first-order valence-electron chi connectivity index (χ1n) is 6.46. The molecule has 0 fully saturated rings. The first kappa shape index (κ1) is 13.7. The smallest absolute Gasteiger partial charge is 0.163 e. The van der Waals surface area contributed by atoms with Gasteiger partial charge >= 0.3 is 0 Å². The van der Waals surface area contributed by atoms with Crippen LogP contribution in [0, 0.1) is 0 Å². The number of aromatic nitrogens is 2. The second kappa shape index (κ2) is 6.43. The summed E-state index contributed by atoms with van der Waals surface area (Å²) in [6.45, 7) is 3.52. The predicted molar refractivity (Wildman–Crippen MR) is 74.0 cm³/mol. The normalized spacial score (nSPS) is 10.9. The van der Waals surface area contributed by atoms with E-state index in [1.54, 1.807) is 14.2 Å². The summed E-state index contributed by atoms with van der Waals surface area (Å²) in [5, 5.41) is 0. The lowest BCUT2D eigenvalue weighted by Gasteiger charge is -2.06. The van der Waals surface area contributed by atoms with Gasteiger partial charge in [-0.2, -0.15) is 0 Å². The number of methoxy groups -OCH3 is 2. The Kier molecular flexibility index (Phi) is 4.63. The van der Waals surface area contributed by atoms with Gasteiger partial charge in [0.05, 0.1) is 25.3 Å². The van der Waals surface area contributed by atoms with E-state index in [1.807, 2.05) is 19.1 Å². The van der Waals surface area contributed by atoms with Gasteiger partial charge in [0.15, 0.2) is 11.5 Å². The van der Waals surface area contributed by atoms with Gasteiger partial charge in [0, 0.05) is 31.8 Å². The lowest BCUT2D eigenvalue weighted by atomic mass is 10.3. The zero-order valence-corrected chi connectivity index (χ0v) is 11.7. The number of aryl methyl sites for hydroxylation is 1. The Bertz CT molecular complexity index is 496. The van der Waals surface area contributed by atoms with Gasteiger partial charge in [-0.05, 0) is 13.3 Å². The number of imidazole rings is 1. The molecule has 0 bridgehead atoms. The van der Waals surface area contributed by atoms with Crippen LogP contribution in [0.3, 0.4) is 0 Å². The first-order chi connectivity index (χ1) is 9.28. The number of fused-ring (bicyclic) bond motifs is 1. The van der Waals surface area contributed by atoms with Gasteiger partial charge in [-0.1, -0.05) is 0 Å². The second-order valence-corrected chi connectivity index (χ2v) is 4.21. The van der Waals surface area contributed by atoms with Crippen LogP contribution in [-0.2, 0) is 11.2 Å². The Morgan fingerprint density at radius 3 is 2.58 bits per heavy atom. The average molecular weight is 264 g/mol. The van der Waals surface area contributed by atoms with Crippen molar-refractivity contribution in [2.75, 3.05) is 27.4 Å². The van der Waals surface area contributed by atoms with Gasteiger partial charge in [0.2, 0.25) is 0 Å². The Hall–Kier alpha value is -1.75. The summed E-state index contributed by atoms with van der Waals surface area (Å²) in [5.41, 5.74) is 1.85. The molecule has 0 amide bonds. The summed E-state index contributed by atoms with van der Waals surface area (Å²) in [6, 6.07) is 3.80. The number of hydrogen-bond donors (Lipinski definition) is 1. The molecule has 0 aliphatic carbocycles. The van der Waals surface area contributed by atoms with E-state index >= 15 is 0 Å². The standard InChI is InChI=1S/C14H20N2O3/c1-4-19-7-5-6-14-15-10-8-12(17-2)13(18-3)9-11(10)16-14/h8-9H,4-7H2,1-3H3,(H,15,16). The van der Waals surface area contributed by atoms with Gasteiger partial charge in [-0.3, -0.25) is 0 Å². The van der Waals surface area contributed by atoms with E-state index in [9.17, 15) is 0 Å². The van der Waals surface area contributed by atoms with Crippen LogP contribution < -0.4 is 9.47 Å². The topological polar surface area (TPSA) is 56.4 Å². The second-order valence-electron chi connectivity index (χ2n) is 4.21. The fourth-order valence-electron chi connectivity index (χ4n) is 1.99. The Morgan fingerprint density at radius 1 is 1.16 bits per heavy atom. The lowest BCUT2D eigenvalue weighted by molar-refractivity contribution is 0.145. The van der Waals surface area contributed by atoms with E-state index in [4.69, 9.17) is 14.2 Å². The molecule has 0 aliphatic heterocycles. The maximum absolute atomic E-state index is 5.32. The minimum Gasteiger partial charge on any atom is -0.493 e. The third kappa shape index (κ3) is 3.17. The number of ether oxygens (including phenoxy) is 3. The van der Waals surface area contributed by atoms with Crippen LogP contribution in [-0.4, -0.2) is 37.4 Å². The van der Waals surface area contributed by atoms with Crippen LogP contribution in [0.2, 0.25) is 0 Å². The fourth-order valence-corrected chi connectivity index (χ4v) is 1.99. The summed E-state index contributed by atoms with van der Waals surface area (Å²) in [7, 11) is 3.25. The van der Waals surface area contributed by atoms with E-state index < -0.39 is 0 Å². The van der Waals surface area contributed by atoms with E-state index in [0.717, 1.165) is 42.9 Å². The monoisotopic (exact) mass is 264 g/mol. The molecule has 5 nitrogen and oxygen atoms in total. The largest absolute Gasteiger partial charge is 0.493 e. The summed E-state index contributed by atoms with van der Waals surface area (Å²) in [5.74, 6) is 2.37. The third-order valence-electron chi connectivity index (χ3n) is 2.94. The summed E-state index contributed by atoms with van der Waals surface area (Å²) in [6.07, 6.45) is 1.83. The highest BCUT2D eigenvalue weighted by molar-refractivity contribution is 5.79. The molecule has 0 unspecified atom stereocenters. The molecule has 0 spiro atoms. The van der Waals surface area contributed by atoms with Crippen molar-refractivity contribution in [1.29, 1.82) is 0 Å². The molecule has 104 valence electrons. The molecule has 5 heteroatoms. The van der Waals surface area contributed by atoms with Crippen molar-refractivity contribution < 1.29 is 14.2 Å². The predicted octanol–water partition coefficient (Wildman–Crippen LogP) is 2.55. The number of H-pyrrole nitrogens is 1. The minimum atomic E-state index is 0.697. The van der Waals surface area contributed by atoms with Gasteiger partial charge in [0.1, 0.15) is 5.82 Å². The maximum Gasteiger partial charge on any atom is 0.163 e. The molecule has 2 aromatic rings. The average Bonchev–Trinajstić information content (AvgIpc) is 2.83. The van der Waals surface area contributed by atoms with Crippen molar-refractivity contribution in [3.8, 4) is 11.5 Å². The highest BCUT2D eigenvalue weighted by atomic mass is 16.5. The number of rotatable bonds is 7. The Morgan fingerprint density at radius 2 is 1.89 bits per heavy atom. The fraction of sp³-hybridized carbons (Fsp3) is 0.500. The number of nitrogens with zero attached hydrogens (tertiary/aromatic N) is 1. The van der Waals surface area contributed by atoms with Crippen molar-refractivity contribution in [3.05, 3.63) is 18.0 Å². The number of nitrogens with one attached hydrogen (secondary N) is 1. The maximum atomic E-state index is 5.32. The first-order valence-corrected chi connectivity index (χ1v) is 6.46. The number of aromatic amines is 1. The van der Waals surface area contributed by atoms with Crippen LogP contribution >= 0.6 is 0 Å².